The van der Waals surface area contributed by atoms with Crippen molar-refractivity contribution in [2.24, 2.45) is 0 Å². The van der Waals surface area contributed by atoms with Crippen LogP contribution in [-0.2, 0) is 16.0 Å². The first-order valence-electron chi connectivity index (χ1n) is 10.1. The first-order chi connectivity index (χ1) is 14.1. The van der Waals surface area contributed by atoms with Gasteiger partial charge in [-0.25, -0.2) is 0 Å². The number of aliphatic hydroxyl groups is 2. The summed E-state index contributed by atoms with van der Waals surface area (Å²) in [6, 6.07) is 13.8. The molecule has 0 radical (unpaired) electrons. The van der Waals surface area contributed by atoms with E-state index in [4.69, 9.17) is 0 Å². The van der Waals surface area contributed by atoms with Crippen LogP contribution >= 0.6 is 11.3 Å². The van der Waals surface area contributed by atoms with Crippen LogP contribution in [-0.4, -0.2) is 58.8 Å². The van der Waals surface area contributed by atoms with Crippen molar-refractivity contribution in [1.82, 2.24) is 10.2 Å². The van der Waals surface area contributed by atoms with Crippen molar-refractivity contribution < 1.29 is 19.8 Å². The van der Waals surface area contributed by atoms with Crippen LogP contribution in [0.2, 0.25) is 0 Å². The summed E-state index contributed by atoms with van der Waals surface area (Å²) in [4.78, 5) is 27.1. The van der Waals surface area contributed by atoms with E-state index in [1.54, 1.807) is 11.3 Å². The quantitative estimate of drug-likeness (QED) is 0.643. The highest BCUT2D eigenvalue weighted by Gasteiger charge is 2.36. The Balaban J connectivity index is 0.00000145. The van der Waals surface area contributed by atoms with Crippen LogP contribution in [0, 0.1) is 0 Å². The van der Waals surface area contributed by atoms with E-state index in [1.165, 1.54) is 4.90 Å². The van der Waals surface area contributed by atoms with Crippen molar-refractivity contribution in [2.75, 3.05) is 19.6 Å². The van der Waals surface area contributed by atoms with Crippen LogP contribution in [0.25, 0.3) is 0 Å². The molecule has 1 aromatic carbocycles. The Bertz CT molecular complexity index is 751. The topological polar surface area (TPSA) is 89.9 Å². The zero-order valence-corrected chi connectivity index (χ0v) is 17.8. The molecule has 3 unspecified atom stereocenters. The maximum atomic E-state index is 12.5. The number of amides is 2. The fraction of sp³-hybridized carbons (Fsp3) is 0.455. The van der Waals surface area contributed by atoms with E-state index in [0.717, 1.165) is 16.9 Å². The van der Waals surface area contributed by atoms with Gasteiger partial charge in [-0.1, -0.05) is 50.2 Å². The van der Waals surface area contributed by atoms with Gasteiger partial charge in [0.15, 0.2) is 12.2 Å². The summed E-state index contributed by atoms with van der Waals surface area (Å²) in [5.41, 5.74) is 1.15. The van der Waals surface area contributed by atoms with Gasteiger partial charge in [0.25, 0.3) is 11.8 Å². The third kappa shape index (κ3) is 6.39. The molecule has 3 N–H and O–H groups in total. The molecule has 2 heterocycles. The third-order valence-corrected chi connectivity index (χ3v) is 5.78. The molecule has 1 saturated heterocycles. The van der Waals surface area contributed by atoms with Crippen molar-refractivity contribution in [2.45, 2.75) is 44.8 Å². The molecule has 6 nitrogen and oxygen atoms in total. The molecule has 2 amide bonds. The standard InChI is InChI=1S/C20H24N2O4S.C2H6/c23-17(19(25)21-10-8-16-7-4-12-27-16)18(24)20(26)22-11-9-15(13-22)14-5-2-1-3-6-14;1-2/h1-7,12,15,17-18,23-24H,8-11,13H2,(H,21,25);1-2H3. The number of nitrogens with one attached hydrogen (secondary N) is 1. The van der Waals surface area contributed by atoms with E-state index >= 15 is 0 Å². The lowest BCUT2D eigenvalue weighted by molar-refractivity contribution is -0.152. The van der Waals surface area contributed by atoms with Crippen LogP contribution in [0.5, 0.6) is 0 Å². The average molecular weight is 419 g/mol. The molecule has 0 bridgehead atoms. The van der Waals surface area contributed by atoms with Gasteiger partial charge in [-0.3, -0.25) is 9.59 Å². The largest absolute Gasteiger partial charge is 0.380 e. The van der Waals surface area contributed by atoms with E-state index in [1.807, 2.05) is 61.7 Å². The molecule has 1 aromatic heterocycles. The lowest BCUT2D eigenvalue weighted by Crippen LogP contribution is -2.50. The second-order valence-corrected chi connectivity index (χ2v) is 7.72. The van der Waals surface area contributed by atoms with Gasteiger partial charge < -0.3 is 20.4 Å². The van der Waals surface area contributed by atoms with Crippen molar-refractivity contribution in [3.63, 3.8) is 0 Å². The number of nitrogens with zero attached hydrogens (tertiary/aromatic N) is 1. The molecule has 3 rings (SSSR count). The highest BCUT2D eigenvalue weighted by molar-refractivity contribution is 7.09. The Morgan fingerprint density at radius 2 is 1.86 bits per heavy atom. The molecule has 158 valence electrons. The molecule has 0 saturated carbocycles. The second-order valence-electron chi connectivity index (χ2n) is 6.69. The van der Waals surface area contributed by atoms with E-state index in [-0.39, 0.29) is 5.92 Å². The molecule has 3 atom stereocenters. The Labute approximate surface area is 176 Å². The number of aliphatic hydroxyl groups excluding tert-OH is 2. The van der Waals surface area contributed by atoms with Crippen LogP contribution in [0.4, 0.5) is 0 Å². The predicted molar refractivity (Wildman–Crippen MR) is 115 cm³/mol. The van der Waals surface area contributed by atoms with E-state index < -0.39 is 24.0 Å². The summed E-state index contributed by atoms with van der Waals surface area (Å²) in [6.07, 6.45) is -2.07. The van der Waals surface area contributed by atoms with Gasteiger partial charge in [0.1, 0.15) is 0 Å². The molecule has 0 spiro atoms. The van der Waals surface area contributed by atoms with Crippen molar-refractivity contribution >= 4 is 23.2 Å². The summed E-state index contributed by atoms with van der Waals surface area (Å²) < 4.78 is 0. The summed E-state index contributed by atoms with van der Waals surface area (Å²) in [5.74, 6) is -1.13. The van der Waals surface area contributed by atoms with Gasteiger partial charge >= 0.3 is 0 Å². The SMILES string of the molecule is CC.O=C(NCCc1cccs1)C(O)C(O)C(=O)N1CCC(c2ccccc2)C1. The fourth-order valence-corrected chi connectivity index (χ4v) is 4.00. The molecule has 1 aliphatic heterocycles. The van der Waals surface area contributed by atoms with E-state index in [2.05, 4.69) is 5.32 Å². The van der Waals surface area contributed by atoms with Crippen molar-refractivity contribution in [3.8, 4) is 0 Å². The average Bonchev–Trinajstić information content (AvgIpc) is 3.46. The summed E-state index contributed by atoms with van der Waals surface area (Å²) >= 11 is 1.59. The molecule has 2 aromatic rings. The van der Waals surface area contributed by atoms with Gasteiger partial charge in [0, 0.05) is 30.4 Å². The minimum Gasteiger partial charge on any atom is -0.380 e. The van der Waals surface area contributed by atoms with Gasteiger partial charge in [-0.2, -0.15) is 0 Å². The highest BCUT2D eigenvalue weighted by Crippen LogP contribution is 2.27. The minimum atomic E-state index is -1.77. The Hall–Kier alpha value is -2.22. The lowest BCUT2D eigenvalue weighted by atomic mass is 9.99. The summed E-state index contributed by atoms with van der Waals surface area (Å²) in [6.45, 7) is 5.33. The third-order valence-electron chi connectivity index (χ3n) is 4.84. The van der Waals surface area contributed by atoms with Gasteiger partial charge in [0.05, 0.1) is 0 Å². The zero-order valence-electron chi connectivity index (χ0n) is 17.0. The molecule has 29 heavy (non-hydrogen) atoms. The van der Waals surface area contributed by atoms with Crippen molar-refractivity contribution in [3.05, 3.63) is 58.3 Å². The summed E-state index contributed by atoms with van der Waals surface area (Å²) in [5, 5.41) is 24.7. The summed E-state index contributed by atoms with van der Waals surface area (Å²) in [7, 11) is 0. The number of carbonyl (C=O) groups excluding carboxylic acids is 2. The van der Waals surface area contributed by atoms with Crippen LogP contribution in [0.3, 0.4) is 0 Å². The zero-order chi connectivity index (χ0) is 21.2. The molecular weight excluding hydrogens is 388 g/mol. The Kier molecular flexibility index (Phi) is 9.31. The first kappa shape index (κ1) is 23.1. The fourth-order valence-electron chi connectivity index (χ4n) is 3.29. The van der Waals surface area contributed by atoms with Gasteiger partial charge in [-0.15, -0.1) is 11.3 Å². The molecule has 1 fully saturated rings. The number of hydrogen-bond donors (Lipinski definition) is 3. The number of likely N-dealkylation sites (tertiary alicyclic amines) is 1. The Morgan fingerprint density at radius 1 is 1.14 bits per heavy atom. The number of rotatable bonds is 7. The van der Waals surface area contributed by atoms with E-state index in [0.29, 0.717) is 26.1 Å². The highest BCUT2D eigenvalue weighted by atomic mass is 32.1. The van der Waals surface area contributed by atoms with Crippen molar-refractivity contribution in [1.29, 1.82) is 0 Å². The van der Waals surface area contributed by atoms with Gasteiger partial charge in [-0.05, 0) is 29.9 Å². The normalized spacial score (nSPS) is 17.8. The maximum Gasteiger partial charge on any atom is 0.254 e. The first-order valence-corrected chi connectivity index (χ1v) is 10.9. The number of carbonyl (C=O) groups is 2. The number of thiophene rings is 1. The van der Waals surface area contributed by atoms with Crippen LogP contribution in [0.1, 0.15) is 36.6 Å². The van der Waals surface area contributed by atoms with Crippen LogP contribution in [0.15, 0.2) is 47.8 Å². The van der Waals surface area contributed by atoms with Crippen LogP contribution < -0.4 is 5.32 Å². The minimum absolute atomic E-state index is 0.208. The second kappa shape index (κ2) is 11.7. The molecule has 7 heteroatoms. The monoisotopic (exact) mass is 418 g/mol. The number of hydrogen-bond acceptors (Lipinski definition) is 5. The smallest absolute Gasteiger partial charge is 0.254 e. The van der Waals surface area contributed by atoms with E-state index in [9.17, 15) is 19.8 Å². The molecular formula is C22H30N2O4S. The molecule has 0 aliphatic carbocycles. The van der Waals surface area contributed by atoms with Gasteiger partial charge in [0.2, 0.25) is 0 Å². The lowest BCUT2D eigenvalue weighted by Gasteiger charge is -2.23. The molecule has 1 aliphatic rings. The Morgan fingerprint density at radius 3 is 2.52 bits per heavy atom. The number of benzene rings is 1. The predicted octanol–water partition coefficient (Wildman–Crippen LogP) is 2.17. The maximum absolute atomic E-state index is 12.5.